The smallest absolute Gasteiger partial charge is 0.147 e. The number of rotatable bonds is 4. The van der Waals surface area contributed by atoms with Crippen LogP contribution in [0.4, 0.5) is 17.2 Å². The minimum Gasteiger partial charge on any atom is -0.378 e. The molecule has 0 radical (unpaired) electrons. The molecule has 0 fully saturated rings. The van der Waals surface area contributed by atoms with Crippen LogP contribution in [0.25, 0.3) is 22.2 Å². The van der Waals surface area contributed by atoms with Crippen LogP contribution < -0.4 is 10.2 Å². The van der Waals surface area contributed by atoms with Crippen molar-refractivity contribution in [2.24, 2.45) is 0 Å². The van der Waals surface area contributed by atoms with Crippen LogP contribution in [0.2, 0.25) is 0 Å². The fourth-order valence-corrected chi connectivity index (χ4v) is 2.72. The lowest BCUT2D eigenvalue weighted by Crippen LogP contribution is -2.07. The molecule has 0 unspecified atom stereocenters. The molecule has 0 atom stereocenters. The Morgan fingerprint density at radius 2 is 1.85 bits per heavy atom. The zero-order valence-electron chi connectivity index (χ0n) is 14.9. The molecule has 0 bridgehead atoms. The predicted molar refractivity (Wildman–Crippen MR) is 104 cm³/mol. The Labute approximate surface area is 151 Å². The largest absolute Gasteiger partial charge is 0.378 e. The SMILES string of the molecule is Cc1nocc1Nc1ccc2cnc(-c3ccc(N(C)C)cc3)cc2n1. The number of aromatic nitrogens is 3. The van der Waals surface area contributed by atoms with E-state index in [2.05, 4.69) is 44.6 Å². The first-order valence-corrected chi connectivity index (χ1v) is 8.33. The zero-order chi connectivity index (χ0) is 18.1. The summed E-state index contributed by atoms with van der Waals surface area (Å²) in [5, 5.41) is 8.09. The topological polar surface area (TPSA) is 67.1 Å². The summed E-state index contributed by atoms with van der Waals surface area (Å²) >= 11 is 0. The second-order valence-corrected chi connectivity index (χ2v) is 6.34. The van der Waals surface area contributed by atoms with E-state index in [4.69, 9.17) is 9.51 Å². The maximum atomic E-state index is 4.95. The van der Waals surface area contributed by atoms with Gasteiger partial charge in [-0.3, -0.25) is 4.98 Å². The van der Waals surface area contributed by atoms with E-state index in [1.54, 1.807) is 6.26 Å². The lowest BCUT2D eigenvalue weighted by molar-refractivity contribution is 0.415. The highest BCUT2D eigenvalue weighted by Crippen LogP contribution is 2.25. The van der Waals surface area contributed by atoms with Crippen LogP contribution in [0, 0.1) is 6.92 Å². The molecular formula is C20H19N5O. The van der Waals surface area contributed by atoms with Crippen molar-refractivity contribution in [1.82, 2.24) is 15.1 Å². The van der Waals surface area contributed by atoms with Crippen molar-refractivity contribution in [2.75, 3.05) is 24.3 Å². The van der Waals surface area contributed by atoms with Crippen molar-refractivity contribution in [3.8, 4) is 11.3 Å². The van der Waals surface area contributed by atoms with Gasteiger partial charge in [0.25, 0.3) is 0 Å². The maximum Gasteiger partial charge on any atom is 0.147 e. The van der Waals surface area contributed by atoms with Crippen LogP contribution in [-0.2, 0) is 0 Å². The molecule has 4 aromatic rings. The maximum absolute atomic E-state index is 4.95. The molecule has 0 aliphatic rings. The standard InChI is InChI=1S/C20H19N5O/c1-13-19(12-26-24-13)23-20-9-6-15-11-21-17(10-18(15)22-20)14-4-7-16(8-5-14)25(2)3/h4-12H,1-3H3,(H,22,23). The van der Waals surface area contributed by atoms with Gasteiger partial charge < -0.3 is 14.7 Å². The van der Waals surface area contributed by atoms with Gasteiger partial charge in [-0.05, 0) is 37.3 Å². The van der Waals surface area contributed by atoms with Gasteiger partial charge in [0.1, 0.15) is 23.5 Å². The molecule has 0 aliphatic heterocycles. The third-order valence-electron chi connectivity index (χ3n) is 4.27. The van der Waals surface area contributed by atoms with Gasteiger partial charge in [0.2, 0.25) is 0 Å². The molecule has 3 aromatic heterocycles. The predicted octanol–water partition coefficient (Wildman–Crippen LogP) is 4.40. The van der Waals surface area contributed by atoms with Crippen LogP contribution >= 0.6 is 0 Å². The highest BCUT2D eigenvalue weighted by atomic mass is 16.5. The zero-order valence-corrected chi connectivity index (χ0v) is 14.9. The van der Waals surface area contributed by atoms with Crippen LogP contribution in [0.3, 0.4) is 0 Å². The van der Waals surface area contributed by atoms with Gasteiger partial charge in [-0.2, -0.15) is 0 Å². The molecule has 0 saturated carbocycles. The van der Waals surface area contributed by atoms with E-state index in [0.29, 0.717) is 0 Å². The van der Waals surface area contributed by atoms with Gasteiger partial charge in [-0.1, -0.05) is 17.3 Å². The minimum absolute atomic E-state index is 0.740. The molecule has 6 nitrogen and oxygen atoms in total. The van der Waals surface area contributed by atoms with Crippen LogP contribution in [0.5, 0.6) is 0 Å². The summed E-state index contributed by atoms with van der Waals surface area (Å²) in [5.74, 6) is 0.740. The summed E-state index contributed by atoms with van der Waals surface area (Å²) < 4.78 is 4.95. The number of benzene rings is 1. The van der Waals surface area contributed by atoms with Gasteiger partial charge in [0.05, 0.1) is 11.2 Å². The second kappa shape index (κ2) is 6.48. The van der Waals surface area contributed by atoms with E-state index < -0.39 is 0 Å². The third kappa shape index (κ3) is 3.09. The first kappa shape index (κ1) is 16.1. The molecule has 4 rings (SSSR count). The van der Waals surface area contributed by atoms with Gasteiger partial charge in [0, 0.05) is 36.9 Å². The van der Waals surface area contributed by atoms with E-state index in [9.17, 15) is 0 Å². The molecule has 0 amide bonds. The van der Waals surface area contributed by atoms with Gasteiger partial charge >= 0.3 is 0 Å². The fraction of sp³-hybridized carbons (Fsp3) is 0.150. The molecule has 0 spiro atoms. The molecule has 26 heavy (non-hydrogen) atoms. The first-order valence-electron chi connectivity index (χ1n) is 8.33. The third-order valence-corrected chi connectivity index (χ3v) is 4.27. The average Bonchev–Trinajstić information content (AvgIpc) is 3.06. The normalized spacial score (nSPS) is 10.9. The minimum atomic E-state index is 0.740. The van der Waals surface area contributed by atoms with Crippen molar-refractivity contribution < 1.29 is 4.52 Å². The number of hydrogen-bond acceptors (Lipinski definition) is 6. The summed E-state index contributed by atoms with van der Waals surface area (Å²) in [6.45, 7) is 1.88. The first-order chi connectivity index (χ1) is 12.6. The lowest BCUT2D eigenvalue weighted by Gasteiger charge is -2.12. The number of hydrogen-bond donors (Lipinski definition) is 1. The molecular weight excluding hydrogens is 326 g/mol. The molecule has 130 valence electrons. The fourth-order valence-electron chi connectivity index (χ4n) is 2.72. The highest BCUT2D eigenvalue weighted by Gasteiger charge is 2.07. The van der Waals surface area contributed by atoms with Crippen LogP contribution in [-0.4, -0.2) is 29.2 Å². The second-order valence-electron chi connectivity index (χ2n) is 6.34. The summed E-state index contributed by atoms with van der Waals surface area (Å²) in [6, 6.07) is 14.2. The summed E-state index contributed by atoms with van der Waals surface area (Å²) in [6.07, 6.45) is 3.43. The van der Waals surface area contributed by atoms with Crippen molar-refractivity contribution in [2.45, 2.75) is 6.92 Å². The Hall–Kier alpha value is -3.41. The van der Waals surface area contributed by atoms with E-state index in [-0.39, 0.29) is 0 Å². The highest BCUT2D eigenvalue weighted by molar-refractivity contribution is 5.83. The van der Waals surface area contributed by atoms with Crippen molar-refractivity contribution in [1.29, 1.82) is 0 Å². The molecule has 3 heterocycles. The number of nitrogens with one attached hydrogen (secondary N) is 1. The van der Waals surface area contributed by atoms with Gasteiger partial charge in [0.15, 0.2) is 0 Å². The van der Waals surface area contributed by atoms with E-state index in [1.807, 2.05) is 45.4 Å². The Morgan fingerprint density at radius 3 is 2.54 bits per heavy atom. The Kier molecular flexibility index (Phi) is 4.01. The van der Waals surface area contributed by atoms with Crippen molar-refractivity contribution in [3.63, 3.8) is 0 Å². The number of nitrogens with zero attached hydrogens (tertiary/aromatic N) is 4. The number of aryl methyl sites for hydroxylation is 1. The van der Waals surface area contributed by atoms with Gasteiger partial charge in [-0.25, -0.2) is 4.98 Å². The Balaban J connectivity index is 1.68. The van der Waals surface area contributed by atoms with Gasteiger partial charge in [-0.15, -0.1) is 0 Å². The van der Waals surface area contributed by atoms with Crippen molar-refractivity contribution >= 4 is 28.1 Å². The summed E-state index contributed by atoms with van der Waals surface area (Å²) in [7, 11) is 4.05. The number of fused-ring (bicyclic) bond motifs is 1. The number of pyridine rings is 2. The van der Waals surface area contributed by atoms with E-state index in [1.165, 1.54) is 0 Å². The lowest BCUT2D eigenvalue weighted by atomic mass is 10.1. The molecule has 6 heteroatoms. The van der Waals surface area contributed by atoms with E-state index in [0.717, 1.165) is 45.0 Å². The van der Waals surface area contributed by atoms with Crippen LogP contribution in [0.1, 0.15) is 5.69 Å². The molecule has 1 aromatic carbocycles. The molecule has 1 N–H and O–H groups in total. The summed E-state index contributed by atoms with van der Waals surface area (Å²) in [5.41, 5.74) is 5.60. The quantitative estimate of drug-likeness (QED) is 0.591. The number of anilines is 3. The summed E-state index contributed by atoms with van der Waals surface area (Å²) in [4.78, 5) is 11.3. The monoisotopic (exact) mass is 345 g/mol. The van der Waals surface area contributed by atoms with Crippen molar-refractivity contribution in [3.05, 3.63) is 60.6 Å². The molecule has 0 aliphatic carbocycles. The Morgan fingerprint density at radius 1 is 1.04 bits per heavy atom. The Bertz CT molecular complexity index is 1050. The van der Waals surface area contributed by atoms with Crippen LogP contribution in [0.15, 0.2) is 59.4 Å². The molecule has 0 saturated heterocycles. The van der Waals surface area contributed by atoms with E-state index >= 15 is 0 Å². The average molecular weight is 345 g/mol.